The average molecular weight is 486 g/mol. The first-order chi connectivity index (χ1) is 17.0. The van der Waals surface area contributed by atoms with Gasteiger partial charge in [-0.2, -0.15) is 4.31 Å². The summed E-state index contributed by atoms with van der Waals surface area (Å²) in [7, 11) is -3.59. The highest BCUT2D eigenvalue weighted by Gasteiger charge is 2.32. The fraction of sp³-hybridized carbons (Fsp3) is 0.214. The van der Waals surface area contributed by atoms with Crippen molar-refractivity contribution in [3.63, 3.8) is 0 Å². The van der Waals surface area contributed by atoms with Gasteiger partial charge >= 0.3 is 0 Å². The summed E-state index contributed by atoms with van der Waals surface area (Å²) in [5.41, 5.74) is 3.09. The van der Waals surface area contributed by atoms with Crippen LogP contribution in [0.5, 0.6) is 0 Å². The lowest BCUT2D eigenvalue weighted by molar-refractivity contribution is -0.120. The molecular formula is C28H27N3O3S. The Kier molecular flexibility index (Phi) is 6.61. The largest absolute Gasteiger partial charge is 0.326 e. The molecule has 178 valence electrons. The molecule has 0 bridgehead atoms. The van der Waals surface area contributed by atoms with Crippen LogP contribution in [-0.2, 0) is 21.2 Å². The molecule has 1 amide bonds. The van der Waals surface area contributed by atoms with E-state index in [2.05, 4.69) is 10.3 Å². The van der Waals surface area contributed by atoms with E-state index in [0.29, 0.717) is 30.8 Å². The fourth-order valence-electron chi connectivity index (χ4n) is 4.52. The zero-order valence-electron chi connectivity index (χ0n) is 19.3. The lowest BCUT2D eigenvalue weighted by atomic mass is 9.97. The van der Waals surface area contributed by atoms with Crippen LogP contribution in [0.2, 0.25) is 0 Å². The zero-order valence-corrected chi connectivity index (χ0v) is 20.1. The van der Waals surface area contributed by atoms with Crippen LogP contribution in [0.15, 0.2) is 96.2 Å². The number of carbonyl (C=O) groups is 1. The summed E-state index contributed by atoms with van der Waals surface area (Å²) in [6, 6.07) is 24.7. The number of anilines is 1. The molecule has 1 aliphatic rings. The van der Waals surface area contributed by atoms with Gasteiger partial charge in [0.15, 0.2) is 0 Å². The van der Waals surface area contributed by atoms with E-state index in [4.69, 9.17) is 0 Å². The van der Waals surface area contributed by atoms with Gasteiger partial charge in [0, 0.05) is 37.1 Å². The molecule has 0 unspecified atom stereocenters. The van der Waals surface area contributed by atoms with Crippen LogP contribution in [-0.4, -0.2) is 36.7 Å². The SMILES string of the molecule is O=C(Nc1ccc(Cc2ccncc2)cc1)C1CCN(S(=O)(=O)c2ccc3ccccc3c2)CC1. The van der Waals surface area contributed by atoms with Crippen molar-refractivity contribution in [1.29, 1.82) is 0 Å². The van der Waals surface area contributed by atoms with E-state index in [-0.39, 0.29) is 11.8 Å². The van der Waals surface area contributed by atoms with E-state index in [9.17, 15) is 13.2 Å². The van der Waals surface area contributed by atoms with E-state index in [1.165, 1.54) is 9.87 Å². The highest BCUT2D eigenvalue weighted by atomic mass is 32.2. The van der Waals surface area contributed by atoms with Crippen molar-refractivity contribution in [2.75, 3.05) is 18.4 Å². The molecule has 1 aromatic heterocycles. The average Bonchev–Trinajstić information content (AvgIpc) is 2.90. The molecule has 35 heavy (non-hydrogen) atoms. The highest BCUT2D eigenvalue weighted by Crippen LogP contribution is 2.27. The fourth-order valence-corrected chi connectivity index (χ4v) is 6.03. The third kappa shape index (κ3) is 5.26. The van der Waals surface area contributed by atoms with Gasteiger partial charge < -0.3 is 5.32 Å². The van der Waals surface area contributed by atoms with Crippen molar-refractivity contribution in [3.8, 4) is 0 Å². The van der Waals surface area contributed by atoms with Gasteiger partial charge in [0.1, 0.15) is 0 Å². The molecule has 0 atom stereocenters. The summed E-state index contributed by atoms with van der Waals surface area (Å²) in [5.74, 6) is -0.274. The van der Waals surface area contributed by atoms with E-state index in [1.807, 2.05) is 66.7 Å². The Hall–Kier alpha value is -3.55. The summed E-state index contributed by atoms with van der Waals surface area (Å²) >= 11 is 0. The molecule has 5 rings (SSSR count). The smallest absolute Gasteiger partial charge is 0.243 e. The molecule has 1 aliphatic heterocycles. The number of pyridine rings is 1. The highest BCUT2D eigenvalue weighted by molar-refractivity contribution is 7.89. The van der Waals surface area contributed by atoms with Crippen molar-refractivity contribution in [2.45, 2.75) is 24.2 Å². The van der Waals surface area contributed by atoms with E-state index in [1.54, 1.807) is 24.5 Å². The summed E-state index contributed by atoms with van der Waals surface area (Å²) in [6.45, 7) is 0.663. The van der Waals surface area contributed by atoms with Crippen LogP contribution >= 0.6 is 0 Å². The number of hydrogen-bond donors (Lipinski definition) is 1. The van der Waals surface area contributed by atoms with Gasteiger partial charge in [0.25, 0.3) is 0 Å². The van der Waals surface area contributed by atoms with Crippen LogP contribution in [0.3, 0.4) is 0 Å². The Morgan fingerprint density at radius 1 is 0.857 bits per heavy atom. The number of nitrogens with zero attached hydrogens (tertiary/aromatic N) is 2. The molecule has 7 heteroatoms. The van der Waals surface area contributed by atoms with Crippen molar-refractivity contribution in [1.82, 2.24) is 9.29 Å². The second-order valence-electron chi connectivity index (χ2n) is 8.91. The number of sulfonamides is 1. The summed E-state index contributed by atoms with van der Waals surface area (Å²) < 4.78 is 27.9. The van der Waals surface area contributed by atoms with Crippen LogP contribution in [0.4, 0.5) is 5.69 Å². The minimum atomic E-state index is -3.59. The Labute approximate surface area is 205 Å². The molecule has 0 saturated carbocycles. The standard InChI is InChI=1S/C28H27N3O3S/c32-28(30-26-8-5-21(6-9-26)19-22-11-15-29-16-12-22)24-13-17-31(18-14-24)35(33,34)27-10-7-23-3-1-2-4-25(23)20-27/h1-12,15-16,20,24H,13-14,17-19H2,(H,30,32). The molecule has 0 spiro atoms. The maximum atomic E-state index is 13.2. The molecule has 1 saturated heterocycles. The molecular weight excluding hydrogens is 458 g/mol. The number of carbonyl (C=O) groups excluding carboxylic acids is 1. The molecule has 1 N–H and O–H groups in total. The summed E-state index contributed by atoms with van der Waals surface area (Å²) in [5, 5.41) is 4.90. The maximum Gasteiger partial charge on any atom is 0.243 e. The van der Waals surface area contributed by atoms with E-state index >= 15 is 0 Å². The van der Waals surface area contributed by atoms with Crippen molar-refractivity contribution < 1.29 is 13.2 Å². The number of benzene rings is 3. The molecule has 0 aliphatic carbocycles. The van der Waals surface area contributed by atoms with Gasteiger partial charge in [-0.05, 0) is 77.6 Å². The number of hydrogen-bond acceptors (Lipinski definition) is 4. The van der Waals surface area contributed by atoms with Gasteiger partial charge in [-0.25, -0.2) is 8.42 Å². The van der Waals surface area contributed by atoms with Gasteiger partial charge in [0.05, 0.1) is 4.90 Å². The summed E-state index contributed by atoms with van der Waals surface area (Å²) in [4.78, 5) is 17.2. The quantitative estimate of drug-likeness (QED) is 0.423. The Balaban J connectivity index is 1.18. The molecule has 1 fully saturated rings. The first-order valence-electron chi connectivity index (χ1n) is 11.8. The number of rotatable bonds is 6. The Morgan fingerprint density at radius 3 is 2.23 bits per heavy atom. The lowest BCUT2D eigenvalue weighted by Gasteiger charge is -2.30. The zero-order chi connectivity index (χ0) is 24.3. The monoisotopic (exact) mass is 485 g/mol. The second-order valence-corrected chi connectivity index (χ2v) is 10.8. The Bertz CT molecular complexity index is 1430. The van der Waals surface area contributed by atoms with Gasteiger partial charge in [0.2, 0.25) is 15.9 Å². The van der Waals surface area contributed by atoms with Crippen LogP contribution < -0.4 is 5.32 Å². The number of amides is 1. The molecule has 0 radical (unpaired) electrons. The number of aromatic nitrogens is 1. The molecule has 6 nitrogen and oxygen atoms in total. The van der Waals surface area contributed by atoms with E-state index in [0.717, 1.165) is 28.4 Å². The molecule has 4 aromatic rings. The molecule has 2 heterocycles. The van der Waals surface area contributed by atoms with E-state index < -0.39 is 10.0 Å². The first kappa shape index (κ1) is 23.2. The second kappa shape index (κ2) is 9.98. The number of nitrogens with one attached hydrogen (secondary N) is 1. The molecule has 3 aromatic carbocycles. The minimum Gasteiger partial charge on any atom is -0.326 e. The van der Waals surface area contributed by atoms with Crippen molar-refractivity contribution in [2.24, 2.45) is 5.92 Å². The lowest BCUT2D eigenvalue weighted by Crippen LogP contribution is -2.41. The van der Waals surface area contributed by atoms with Gasteiger partial charge in [-0.1, -0.05) is 42.5 Å². The third-order valence-electron chi connectivity index (χ3n) is 6.56. The van der Waals surface area contributed by atoms with Crippen LogP contribution in [0.25, 0.3) is 10.8 Å². The Morgan fingerprint density at radius 2 is 1.51 bits per heavy atom. The number of piperidine rings is 1. The van der Waals surface area contributed by atoms with Gasteiger partial charge in [-0.3, -0.25) is 9.78 Å². The summed E-state index contributed by atoms with van der Waals surface area (Å²) in [6.07, 6.45) is 5.36. The predicted octanol–water partition coefficient (Wildman–Crippen LogP) is 4.87. The maximum absolute atomic E-state index is 13.2. The van der Waals surface area contributed by atoms with Crippen LogP contribution in [0, 0.1) is 5.92 Å². The van der Waals surface area contributed by atoms with Gasteiger partial charge in [-0.15, -0.1) is 0 Å². The number of fused-ring (bicyclic) bond motifs is 1. The van der Waals surface area contributed by atoms with Crippen molar-refractivity contribution >= 4 is 32.4 Å². The van der Waals surface area contributed by atoms with Crippen LogP contribution in [0.1, 0.15) is 24.0 Å². The first-order valence-corrected chi connectivity index (χ1v) is 13.2. The normalized spacial score (nSPS) is 15.2. The minimum absolute atomic E-state index is 0.0605. The topological polar surface area (TPSA) is 79.4 Å². The third-order valence-corrected chi connectivity index (χ3v) is 8.46. The van der Waals surface area contributed by atoms with Crippen molar-refractivity contribution in [3.05, 3.63) is 102 Å². The predicted molar refractivity (Wildman–Crippen MR) is 138 cm³/mol.